The van der Waals surface area contributed by atoms with Crippen molar-refractivity contribution >= 4 is 5.78 Å². The monoisotopic (exact) mass is 243 g/mol. The molecular weight excluding hydrogens is 236 g/mol. The van der Waals surface area contributed by atoms with Gasteiger partial charge in [0.15, 0.2) is 5.78 Å². The quantitative estimate of drug-likeness (QED) is 0.760. The van der Waals surface area contributed by atoms with E-state index in [9.17, 15) is 13.6 Å². The fraction of sp³-hybridized carbons (Fsp3) is 0. The van der Waals surface area contributed by atoms with Crippen molar-refractivity contribution in [2.75, 3.05) is 0 Å². The Bertz CT molecular complexity index is 642. The molecule has 0 saturated carbocycles. The maximum atomic E-state index is 13.5. The molecule has 0 aliphatic heterocycles. The molecule has 2 rings (SSSR count). The Morgan fingerprint density at radius 2 is 1.72 bits per heavy atom. The topological polar surface area (TPSA) is 40.9 Å². The van der Waals surface area contributed by atoms with Gasteiger partial charge >= 0.3 is 0 Å². The molecule has 0 unspecified atom stereocenters. The molecule has 0 N–H and O–H groups in total. The number of halogens is 2. The van der Waals surface area contributed by atoms with E-state index in [0.29, 0.717) is 0 Å². The van der Waals surface area contributed by atoms with Crippen LogP contribution in [0.5, 0.6) is 0 Å². The normalized spacial score (nSPS) is 9.83. The van der Waals surface area contributed by atoms with E-state index in [1.807, 2.05) is 6.07 Å². The number of benzene rings is 2. The first-order valence-electron chi connectivity index (χ1n) is 5.12. The van der Waals surface area contributed by atoms with Gasteiger partial charge in [-0.15, -0.1) is 0 Å². The Balaban J connectivity index is 2.46. The highest BCUT2D eigenvalue weighted by Gasteiger charge is 2.14. The summed E-state index contributed by atoms with van der Waals surface area (Å²) in [6, 6.07) is 10.2. The van der Waals surface area contributed by atoms with Gasteiger partial charge in [0.05, 0.1) is 17.2 Å². The van der Waals surface area contributed by atoms with Crippen LogP contribution in [0.4, 0.5) is 8.78 Å². The molecule has 0 aliphatic rings. The van der Waals surface area contributed by atoms with Gasteiger partial charge in [0.1, 0.15) is 11.6 Å². The summed E-state index contributed by atoms with van der Waals surface area (Å²) in [4.78, 5) is 12.0. The van der Waals surface area contributed by atoms with Gasteiger partial charge in [0.2, 0.25) is 0 Å². The third-order valence-corrected chi connectivity index (χ3v) is 2.45. The zero-order valence-corrected chi connectivity index (χ0v) is 9.15. The number of carbonyl (C=O) groups excluding carboxylic acids is 1. The number of ketones is 1. The second kappa shape index (κ2) is 4.76. The second-order valence-electron chi connectivity index (χ2n) is 3.64. The highest BCUT2D eigenvalue weighted by Crippen LogP contribution is 2.15. The lowest BCUT2D eigenvalue weighted by molar-refractivity contribution is 0.103. The first kappa shape index (κ1) is 11.9. The average molecular weight is 243 g/mol. The molecule has 0 aromatic heterocycles. The molecule has 0 fully saturated rings. The summed E-state index contributed by atoms with van der Waals surface area (Å²) in [6.07, 6.45) is 0. The molecule has 0 spiro atoms. The third kappa shape index (κ3) is 2.25. The molecule has 0 atom stereocenters. The SMILES string of the molecule is N#Cc1ccc(F)c(C(=O)c2ccc(F)cc2)c1. The Hall–Kier alpha value is -2.54. The van der Waals surface area contributed by atoms with Crippen molar-refractivity contribution in [3.05, 3.63) is 70.8 Å². The molecule has 18 heavy (non-hydrogen) atoms. The first-order valence-corrected chi connectivity index (χ1v) is 5.12. The Morgan fingerprint density at radius 3 is 2.33 bits per heavy atom. The van der Waals surface area contributed by atoms with Gasteiger partial charge in [-0.3, -0.25) is 4.79 Å². The summed E-state index contributed by atoms with van der Waals surface area (Å²) in [5.41, 5.74) is 0.174. The van der Waals surface area contributed by atoms with E-state index in [0.717, 1.165) is 18.2 Å². The minimum atomic E-state index is -0.705. The smallest absolute Gasteiger partial charge is 0.196 e. The summed E-state index contributed by atoms with van der Waals surface area (Å²) < 4.78 is 26.2. The summed E-state index contributed by atoms with van der Waals surface area (Å²) in [7, 11) is 0. The van der Waals surface area contributed by atoms with Crippen LogP contribution in [-0.2, 0) is 0 Å². The van der Waals surface area contributed by atoms with Gasteiger partial charge in [0, 0.05) is 5.56 Å². The maximum Gasteiger partial charge on any atom is 0.196 e. The van der Waals surface area contributed by atoms with Crippen molar-refractivity contribution in [3.8, 4) is 6.07 Å². The number of carbonyl (C=O) groups is 1. The van der Waals surface area contributed by atoms with E-state index in [1.54, 1.807) is 0 Å². The van der Waals surface area contributed by atoms with Crippen LogP contribution in [0.2, 0.25) is 0 Å². The number of hydrogen-bond donors (Lipinski definition) is 0. The van der Waals surface area contributed by atoms with Crippen LogP contribution in [0.25, 0.3) is 0 Å². The summed E-state index contributed by atoms with van der Waals surface area (Å²) in [5.74, 6) is -1.76. The lowest BCUT2D eigenvalue weighted by Crippen LogP contribution is -2.04. The van der Waals surface area contributed by atoms with Gasteiger partial charge in [0.25, 0.3) is 0 Å². The second-order valence-corrected chi connectivity index (χ2v) is 3.64. The van der Waals surface area contributed by atoms with Crippen molar-refractivity contribution < 1.29 is 13.6 Å². The highest BCUT2D eigenvalue weighted by molar-refractivity contribution is 6.09. The molecule has 0 bridgehead atoms. The minimum absolute atomic E-state index is 0.172. The zero-order chi connectivity index (χ0) is 13.1. The van der Waals surface area contributed by atoms with E-state index in [2.05, 4.69) is 0 Å². The van der Waals surface area contributed by atoms with Crippen LogP contribution in [0.3, 0.4) is 0 Å². The molecule has 4 heteroatoms. The molecule has 2 aromatic rings. The van der Waals surface area contributed by atoms with E-state index >= 15 is 0 Å². The number of nitrogens with zero attached hydrogens (tertiary/aromatic N) is 1. The van der Waals surface area contributed by atoms with Crippen LogP contribution in [0.15, 0.2) is 42.5 Å². The largest absolute Gasteiger partial charge is 0.288 e. The van der Waals surface area contributed by atoms with Gasteiger partial charge < -0.3 is 0 Å². The third-order valence-electron chi connectivity index (χ3n) is 2.45. The molecule has 88 valence electrons. The van der Waals surface area contributed by atoms with E-state index in [-0.39, 0.29) is 16.7 Å². The number of hydrogen-bond acceptors (Lipinski definition) is 2. The maximum absolute atomic E-state index is 13.5. The average Bonchev–Trinajstić information content (AvgIpc) is 2.39. The predicted octanol–water partition coefficient (Wildman–Crippen LogP) is 3.07. The molecule has 2 aromatic carbocycles. The Labute approximate surface area is 102 Å². The number of nitriles is 1. The van der Waals surface area contributed by atoms with E-state index in [4.69, 9.17) is 5.26 Å². The van der Waals surface area contributed by atoms with Crippen molar-refractivity contribution in [1.82, 2.24) is 0 Å². The summed E-state index contributed by atoms with van der Waals surface area (Å²) in [6.45, 7) is 0. The van der Waals surface area contributed by atoms with Crippen LogP contribution in [0.1, 0.15) is 21.5 Å². The number of rotatable bonds is 2. The summed E-state index contributed by atoms with van der Waals surface area (Å²) in [5, 5.41) is 8.71. The molecule has 0 aliphatic carbocycles. The molecule has 0 radical (unpaired) electrons. The minimum Gasteiger partial charge on any atom is -0.288 e. The molecule has 0 saturated heterocycles. The molecule has 0 amide bonds. The predicted molar refractivity (Wildman–Crippen MR) is 60.9 cm³/mol. The molecular formula is C14H7F2NO. The van der Waals surface area contributed by atoms with E-state index in [1.165, 1.54) is 24.3 Å². The van der Waals surface area contributed by atoms with Crippen molar-refractivity contribution in [3.63, 3.8) is 0 Å². The van der Waals surface area contributed by atoms with Crippen LogP contribution in [-0.4, -0.2) is 5.78 Å². The first-order chi connectivity index (χ1) is 8.61. The standard InChI is InChI=1S/C14H7F2NO/c15-11-4-2-10(3-5-11)14(18)12-7-9(8-17)1-6-13(12)16/h1-7H. The van der Waals surface area contributed by atoms with Crippen molar-refractivity contribution in [2.45, 2.75) is 0 Å². The fourth-order valence-electron chi connectivity index (χ4n) is 1.53. The van der Waals surface area contributed by atoms with Gasteiger partial charge in [-0.05, 0) is 42.5 Å². The van der Waals surface area contributed by atoms with Crippen LogP contribution < -0.4 is 0 Å². The van der Waals surface area contributed by atoms with Gasteiger partial charge in [-0.2, -0.15) is 5.26 Å². The highest BCUT2D eigenvalue weighted by atomic mass is 19.1. The Morgan fingerprint density at radius 1 is 1.06 bits per heavy atom. The Kier molecular flexibility index (Phi) is 3.16. The molecule has 0 heterocycles. The lowest BCUT2D eigenvalue weighted by Gasteiger charge is -2.03. The zero-order valence-electron chi connectivity index (χ0n) is 9.15. The van der Waals surface area contributed by atoms with Crippen LogP contribution in [0, 0.1) is 23.0 Å². The van der Waals surface area contributed by atoms with Gasteiger partial charge in [-0.1, -0.05) is 0 Å². The van der Waals surface area contributed by atoms with Crippen molar-refractivity contribution in [2.24, 2.45) is 0 Å². The van der Waals surface area contributed by atoms with Crippen LogP contribution >= 0.6 is 0 Å². The molecule has 2 nitrogen and oxygen atoms in total. The lowest BCUT2D eigenvalue weighted by atomic mass is 10.0. The van der Waals surface area contributed by atoms with Crippen molar-refractivity contribution in [1.29, 1.82) is 5.26 Å². The van der Waals surface area contributed by atoms with Gasteiger partial charge in [-0.25, -0.2) is 8.78 Å². The van der Waals surface area contributed by atoms with E-state index < -0.39 is 17.4 Å². The fourth-order valence-corrected chi connectivity index (χ4v) is 1.53. The summed E-state index contributed by atoms with van der Waals surface area (Å²) >= 11 is 0.